The summed E-state index contributed by atoms with van der Waals surface area (Å²) in [6.45, 7) is 17.6. The van der Waals surface area contributed by atoms with Crippen LogP contribution < -0.4 is 14.5 Å². The van der Waals surface area contributed by atoms with Crippen LogP contribution in [-0.4, -0.2) is 29.7 Å². The molecule has 1 aliphatic rings. The number of benzene rings is 3. The van der Waals surface area contributed by atoms with Crippen LogP contribution in [0.3, 0.4) is 0 Å². The Morgan fingerprint density at radius 2 is 1.32 bits per heavy atom. The van der Waals surface area contributed by atoms with E-state index in [1.165, 1.54) is 70.1 Å². The monoisotopic (exact) mass is 644 g/mol. The van der Waals surface area contributed by atoms with Gasteiger partial charge in [0.25, 0.3) is 0 Å². The van der Waals surface area contributed by atoms with Gasteiger partial charge in [-0.2, -0.15) is 6.67 Å². The van der Waals surface area contributed by atoms with Crippen LogP contribution in [0.4, 0.5) is 17.1 Å². The molecule has 1 aliphatic heterocycles. The Kier molecular flexibility index (Phi) is 10.3. The van der Waals surface area contributed by atoms with E-state index >= 15 is 0 Å². The van der Waals surface area contributed by atoms with E-state index in [1.54, 1.807) is 4.61 Å². The van der Waals surface area contributed by atoms with Gasteiger partial charge in [-0.3, -0.25) is 0 Å². The number of rotatable bonds is 5. The molecule has 0 spiro atoms. The number of methoxy groups -OCH3 is 1. The van der Waals surface area contributed by atoms with Crippen molar-refractivity contribution in [1.29, 1.82) is 0 Å². The summed E-state index contributed by atoms with van der Waals surface area (Å²) in [6.07, 6.45) is 0. The van der Waals surface area contributed by atoms with E-state index < -0.39 is 18.4 Å². The van der Waals surface area contributed by atoms with Crippen molar-refractivity contribution in [1.82, 2.24) is 0 Å². The van der Waals surface area contributed by atoms with Crippen molar-refractivity contribution in [3.05, 3.63) is 98.2 Å². The molecule has 3 aromatic rings. The van der Waals surface area contributed by atoms with Gasteiger partial charge in [0.15, 0.2) is 0 Å². The standard InChI is InChI=1S/C21H27N2.C8H7NO3.2ClH.Ru/c1-14-9-16(3)20(17(4)10-14)22-7-8-23(13-22)21-18(5)11-15(2)12-19(21)6;1-6-5-7(9(10)11)3-4-8(6)12-2;;;/h9-13H,7-8H2,1-6H3;1,3-5H,2H3;2*1H;/q-1;;;;+2/p-2. The van der Waals surface area contributed by atoms with Crippen molar-refractivity contribution in [2.45, 2.75) is 41.5 Å². The van der Waals surface area contributed by atoms with E-state index in [1.807, 2.05) is 0 Å². The second-order valence-electron chi connectivity index (χ2n) is 9.49. The van der Waals surface area contributed by atoms with Crippen LogP contribution in [0.1, 0.15) is 38.9 Å². The summed E-state index contributed by atoms with van der Waals surface area (Å²) in [6, 6.07) is 13.4. The zero-order valence-electron chi connectivity index (χ0n) is 22.8. The molecule has 0 N–H and O–H groups in total. The SMILES string of the molecule is COc1ccc([N+](=O)[O-])cc1[CH]=[Ru]([Cl])[Cl].Cc1cc(C)c(N2[CH-]N(c3c(C)cc(C)cc3C)CC2)c(C)c1. The van der Waals surface area contributed by atoms with Crippen LogP contribution in [0.25, 0.3) is 0 Å². The zero-order chi connectivity index (χ0) is 28.1. The predicted molar refractivity (Wildman–Crippen MR) is 157 cm³/mol. The van der Waals surface area contributed by atoms with Gasteiger partial charge in [-0.25, -0.2) is 0 Å². The Bertz CT molecular complexity index is 1260. The molecule has 206 valence electrons. The van der Waals surface area contributed by atoms with Gasteiger partial charge in [0.05, 0.1) is 0 Å². The first-order valence-electron chi connectivity index (χ1n) is 12.1. The Morgan fingerprint density at radius 3 is 1.68 bits per heavy atom. The third-order valence-corrected chi connectivity index (χ3v) is 8.15. The van der Waals surface area contributed by atoms with E-state index in [9.17, 15) is 10.1 Å². The molecule has 6 nitrogen and oxygen atoms in total. The number of hydrogen-bond donors (Lipinski definition) is 0. The van der Waals surface area contributed by atoms with Gasteiger partial charge in [0.2, 0.25) is 0 Å². The molecular formula is C29H34Cl2N3O3Ru-. The van der Waals surface area contributed by atoms with E-state index in [0.29, 0.717) is 11.3 Å². The average molecular weight is 645 g/mol. The van der Waals surface area contributed by atoms with E-state index in [-0.39, 0.29) is 5.69 Å². The number of anilines is 2. The number of aryl methyl sites for hydroxylation is 6. The second-order valence-corrected chi connectivity index (χ2v) is 15.2. The van der Waals surface area contributed by atoms with Crippen LogP contribution in [0, 0.1) is 58.3 Å². The summed E-state index contributed by atoms with van der Waals surface area (Å²) >= 11 is -2.01. The molecule has 0 unspecified atom stereocenters. The van der Waals surface area contributed by atoms with Gasteiger partial charge in [0.1, 0.15) is 0 Å². The minimum atomic E-state index is -2.01. The minimum Gasteiger partial charge on any atom is -0.502 e. The van der Waals surface area contributed by atoms with Crippen LogP contribution in [-0.2, 0) is 13.5 Å². The van der Waals surface area contributed by atoms with Crippen LogP contribution >= 0.6 is 19.4 Å². The minimum absolute atomic E-state index is 0.00852. The van der Waals surface area contributed by atoms with Crippen molar-refractivity contribution in [3.8, 4) is 5.75 Å². The maximum atomic E-state index is 10.5. The van der Waals surface area contributed by atoms with Crippen molar-refractivity contribution < 1.29 is 23.2 Å². The van der Waals surface area contributed by atoms with Crippen molar-refractivity contribution in [2.24, 2.45) is 0 Å². The van der Waals surface area contributed by atoms with Crippen LogP contribution in [0.5, 0.6) is 5.75 Å². The molecule has 3 aromatic carbocycles. The summed E-state index contributed by atoms with van der Waals surface area (Å²) in [7, 11) is 12.9. The van der Waals surface area contributed by atoms with Crippen molar-refractivity contribution in [3.63, 3.8) is 0 Å². The number of nitro benzene ring substituents is 1. The Labute approximate surface area is 238 Å². The third-order valence-electron chi connectivity index (χ3n) is 6.32. The summed E-state index contributed by atoms with van der Waals surface area (Å²) in [5, 5.41) is 10.5. The molecule has 38 heavy (non-hydrogen) atoms. The Balaban J connectivity index is 0.000000232. The second kappa shape index (κ2) is 13.1. The number of nitrogens with zero attached hydrogens (tertiary/aromatic N) is 3. The zero-order valence-corrected chi connectivity index (χ0v) is 26.0. The maximum absolute atomic E-state index is 10.5. The van der Waals surface area contributed by atoms with Gasteiger partial charge in [-0.1, -0.05) is 35.4 Å². The summed E-state index contributed by atoms with van der Waals surface area (Å²) < 4.78 is 6.64. The topological polar surface area (TPSA) is 58.9 Å². The molecule has 4 rings (SSSR count). The van der Waals surface area contributed by atoms with Gasteiger partial charge in [-0.15, -0.1) is 0 Å². The number of halogens is 2. The van der Waals surface area contributed by atoms with Crippen molar-refractivity contribution >= 4 is 41.1 Å². The number of non-ortho nitro benzene ring substituents is 1. The first-order valence-corrected chi connectivity index (χ1v) is 17.6. The average Bonchev–Trinajstić information content (AvgIpc) is 3.26. The number of hydrogen-bond acceptors (Lipinski definition) is 5. The molecule has 0 radical (unpaired) electrons. The molecule has 0 amide bonds. The van der Waals surface area contributed by atoms with E-state index in [2.05, 4.69) is 82.3 Å². The molecule has 1 heterocycles. The Morgan fingerprint density at radius 1 is 0.868 bits per heavy atom. The van der Waals surface area contributed by atoms with Gasteiger partial charge in [-0.05, 0) is 63.8 Å². The molecule has 1 fully saturated rings. The molecule has 1 saturated heterocycles. The fraction of sp³-hybridized carbons (Fsp3) is 0.310. The van der Waals surface area contributed by atoms with Gasteiger partial charge < -0.3 is 9.80 Å². The maximum Gasteiger partial charge on any atom is 0.0146 e. The van der Waals surface area contributed by atoms with Crippen molar-refractivity contribution in [2.75, 3.05) is 30.0 Å². The molecule has 0 atom stereocenters. The number of nitro groups is 1. The molecular weight excluding hydrogens is 610 g/mol. The summed E-state index contributed by atoms with van der Waals surface area (Å²) in [4.78, 5) is 14.9. The molecule has 0 bridgehead atoms. The molecule has 0 saturated carbocycles. The first-order chi connectivity index (χ1) is 17.9. The van der Waals surface area contributed by atoms with Crippen LogP contribution in [0.2, 0.25) is 0 Å². The normalized spacial score (nSPS) is 13.1. The molecule has 0 aromatic heterocycles. The van der Waals surface area contributed by atoms with E-state index in [4.69, 9.17) is 24.1 Å². The predicted octanol–water partition coefficient (Wildman–Crippen LogP) is 7.66. The third kappa shape index (κ3) is 7.34. The van der Waals surface area contributed by atoms with E-state index in [0.717, 1.165) is 13.1 Å². The molecule has 9 heteroatoms. The largest absolute Gasteiger partial charge is 0.502 e. The van der Waals surface area contributed by atoms with Gasteiger partial charge >= 0.3 is 99.6 Å². The fourth-order valence-corrected chi connectivity index (χ4v) is 6.87. The van der Waals surface area contributed by atoms with Crippen LogP contribution in [0.15, 0.2) is 42.5 Å². The Hall–Kier alpha value is -2.47. The summed E-state index contributed by atoms with van der Waals surface area (Å²) in [5.74, 6) is 0.528. The summed E-state index contributed by atoms with van der Waals surface area (Å²) in [5.41, 5.74) is 11.4. The molecule has 0 aliphatic carbocycles. The quantitative estimate of drug-likeness (QED) is 0.124. The number of ether oxygens (including phenoxy) is 1. The first kappa shape index (κ1) is 30.1. The fourth-order valence-electron chi connectivity index (χ4n) is 5.09. The van der Waals surface area contributed by atoms with Gasteiger partial charge in [0, 0.05) is 24.5 Å². The smallest absolute Gasteiger partial charge is 0.0146 e.